The van der Waals surface area contributed by atoms with Gasteiger partial charge >= 0.3 is 0 Å². The molecule has 0 bridgehead atoms. The fourth-order valence-electron chi connectivity index (χ4n) is 2.16. The molecule has 6 nitrogen and oxygen atoms in total. The van der Waals surface area contributed by atoms with Crippen LogP contribution >= 0.6 is 0 Å². The molecule has 0 atom stereocenters. The number of likely N-dealkylation sites (tertiary alicyclic amines) is 1. The minimum atomic E-state index is -3.48. The van der Waals surface area contributed by atoms with Crippen LogP contribution in [-0.4, -0.2) is 44.4 Å². The predicted octanol–water partition coefficient (Wildman–Crippen LogP) is 0.587. The van der Waals surface area contributed by atoms with Crippen molar-refractivity contribution >= 4 is 21.8 Å². The molecule has 0 radical (unpaired) electrons. The zero-order valence-electron chi connectivity index (χ0n) is 11.2. The van der Waals surface area contributed by atoms with Crippen LogP contribution in [-0.2, 0) is 10.0 Å². The number of nitrogens with two attached hydrogens (primary N) is 1. The number of carbonyl (C=O) groups excluding carboxylic acids is 1. The minimum absolute atomic E-state index is 0.383. The van der Waals surface area contributed by atoms with E-state index in [2.05, 4.69) is 4.40 Å². The van der Waals surface area contributed by atoms with E-state index < -0.39 is 15.9 Å². The molecule has 108 valence electrons. The van der Waals surface area contributed by atoms with Gasteiger partial charge in [-0.2, -0.15) is 0 Å². The Labute approximate surface area is 118 Å². The summed E-state index contributed by atoms with van der Waals surface area (Å²) in [6, 6.07) is 6.49. The number of hydrogen-bond acceptors (Lipinski definition) is 3. The van der Waals surface area contributed by atoms with Gasteiger partial charge in [-0.05, 0) is 25.0 Å². The van der Waals surface area contributed by atoms with Gasteiger partial charge in [0.15, 0.2) is 0 Å². The number of rotatable bonds is 3. The number of hydrogen-bond donors (Lipinski definition) is 1. The van der Waals surface area contributed by atoms with Crippen LogP contribution in [0, 0.1) is 0 Å². The van der Waals surface area contributed by atoms with Gasteiger partial charge < -0.3 is 10.6 Å². The number of carbonyl (C=O) groups is 1. The largest absolute Gasteiger partial charge is 0.366 e. The zero-order chi connectivity index (χ0) is 14.8. The zero-order valence-corrected chi connectivity index (χ0v) is 12.1. The lowest BCUT2D eigenvalue weighted by molar-refractivity contribution is 0.100. The molecule has 0 saturated carbocycles. The molecule has 20 heavy (non-hydrogen) atoms. The van der Waals surface area contributed by atoms with Crippen molar-refractivity contribution in [3.05, 3.63) is 35.4 Å². The Bertz CT molecular complexity index is 629. The molecule has 0 unspecified atom stereocenters. The molecule has 1 aromatic rings. The molecular weight excluding hydrogens is 278 g/mol. The summed E-state index contributed by atoms with van der Waals surface area (Å²) >= 11 is 0. The first-order chi connectivity index (χ1) is 9.37. The molecule has 0 aromatic heterocycles. The predicted molar refractivity (Wildman–Crippen MR) is 77.1 cm³/mol. The van der Waals surface area contributed by atoms with Crippen LogP contribution in [0.3, 0.4) is 0 Å². The molecule has 2 N–H and O–H groups in total. The Hall–Kier alpha value is -1.89. The monoisotopic (exact) mass is 295 g/mol. The third kappa shape index (κ3) is 3.57. The van der Waals surface area contributed by atoms with Gasteiger partial charge in [0.05, 0.1) is 6.26 Å². The molecule has 1 fully saturated rings. The van der Waals surface area contributed by atoms with E-state index >= 15 is 0 Å². The van der Waals surface area contributed by atoms with Crippen LogP contribution in [0.2, 0.25) is 0 Å². The van der Waals surface area contributed by atoms with Crippen LogP contribution in [0.1, 0.15) is 28.8 Å². The van der Waals surface area contributed by atoms with E-state index in [9.17, 15) is 13.2 Å². The summed E-state index contributed by atoms with van der Waals surface area (Å²) in [7, 11) is -3.48. The molecule has 0 aliphatic carbocycles. The van der Waals surface area contributed by atoms with Gasteiger partial charge in [0.1, 0.15) is 5.84 Å². The highest BCUT2D eigenvalue weighted by molar-refractivity contribution is 7.89. The molecule has 7 heteroatoms. The van der Waals surface area contributed by atoms with Gasteiger partial charge in [0, 0.05) is 24.2 Å². The number of nitrogens with zero attached hydrogens (tertiary/aromatic N) is 2. The van der Waals surface area contributed by atoms with E-state index in [1.54, 1.807) is 24.3 Å². The lowest BCUT2D eigenvalue weighted by atomic mass is 10.1. The third-order valence-corrected chi connectivity index (χ3v) is 3.59. The van der Waals surface area contributed by atoms with Crippen molar-refractivity contribution in [2.24, 2.45) is 10.1 Å². The molecule has 1 amide bonds. The Kier molecular flexibility index (Phi) is 4.08. The lowest BCUT2D eigenvalue weighted by Crippen LogP contribution is -2.29. The van der Waals surface area contributed by atoms with Crippen molar-refractivity contribution in [2.75, 3.05) is 19.3 Å². The maximum absolute atomic E-state index is 11.5. The van der Waals surface area contributed by atoms with Crippen LogP contribution in [0.5, 0.6) is 0 Å². The second-order valence-electron chi connectivity index (χ2n) is 4.78. The maximum Gasteiger partial charge on any atom is 0.252 e. The Balaban J connectivity index is 2.40. The Morgan fingerprint density at radius 2 is 1.65 bits per heavy atom. The van der Waals surface area contributed by atoms with Crippen molar-refractivity contribution < 1.29 is 13.2 Å². The van der Waals surface area contributed by atoms with Crippen molar-refractivity contribution in [2.45, 2.75) is 12.8 Å². The van der Waals surface area contributed by atoms with E-state index in [1.165, 1.54) is 0 Å². The second kappa shape index (κ2) is 5.62. The summed E-state index contributed by atoms with van der Waals surface area (Å²) < 4.78 is 26.8. The van der Waals surface area contributed by atoms with Crippen molar-refractivity contribution in [1.29, 1.82) is 0 Å². The smallest absolute Gasteiger partial charge is 0.252 e. The van der Waals surface area contributed by atoms with Crippen LogP contribution in [0.25, 0.3) is 0 Å². The average molecular weight is 295 g/mol. The molecule has 1 aliphatic rings. The molecule has 1 aliphatic heterocycles. The summed E-state index contributed by atoms with van der Waals surface area (Å²) in [5.41, 5.74) is 6.24. The number of benzene rings is 1. The highest BCUT2D eigenvalue weighted by Gasteiger charge is 2.20. The molecule has 1 saturated heterocycles. The summed E-state index contributed by atoms with van der Waals surface area (Å²) in [4.78, 5) is 13.0. The summed E-state index contributed by atoms with van der Waals surface area (Å²) in [6.45, 7) is 1.57. The highest BCUT2D eigenvalue weighted by atomic mass is 32.2. The van der Waals surface area contributed by atoms with E-state index in [-0.39, 0.29) is 0 Å². The SMILES string of the molecule is CS(=O)(=O)N=C(c1ccc(C(N)=O)cc1)N1CCCC1. The fourth-order valence-corrected chi connectivity index (χ4v) is 2.70. The first kappa shape index (κ1) is 14.5. The maximum atomic E-state index is 11.5. The average Bonchev–Trinajstić information content (AvgIpc) is 2.89. The standard InChI is InChI=1S/C13H17N3O3S/c1-20(18,19)15-13(16-8-2-3-9-16)11-6-4-10(5-7-11)12(14)17/h4-7H,2-3,8-9H2,1H3,(H2,14,17). The molecule has 2 rings (SSSR count). The van der Waals surface area contributed by atoms with Gasteiger partial charge in [-0.1, -0.05) is 12.1 Å². The van der Waals surface area contributed by atoms with Gasteiger partial charge in [0.2, 0.25) is 5.91 Å². The van der Waals surface area contributed by atoms with Crippen molar-refractivity contribution in [3.63, 3.8) is 0 Å². The first-order valence-electron chi connectivity index (χ1n) is 6.32. The van der Waals surface area contributed by atoms with Crippen LogP contribution in [0.4, 0.5) is 0 Å². The van der Waals surface area contributed by atoms with Gasteiger partial charge in [-0.25, -0.2) is 8.42 Å². The fraction of sp³-hybridized carbons (Fsp3) is 0.385. The van der Waals surface area contributed by atoms with Gasteiger partial charge in [-0.15, -0.1) is 4.40 Å². The number of sulfonamides is 1. The van der Waals surface area contributed by atoms with Gasteiger partial charge in [-0.3, -0.25) is 4.79 Å². The normalized spacial score (nSPS) is 16.4. The highest BCUT2D eigenvalue weighted by Crippen LogP contribution is 2.15. The van der Waals surface area contributed by atoms with Crippen LogP contribution < -0.4 is 5.73 Å². The molecule has 1 heterocycles. The lowest BCUT2D eigenvalue weighted by Gasteiger charge is -2.19. The summed E-state index contributed by atoms with van der Waals surface area (Å²) in [5.74, 6) is -0.0830. The topological polar surface area (TPSA) is 92.8 Å². The quantitative estimate of drug-likeness (QED) is 0.652. The van der Waals surface area contributed by atoms with Crippen molar-refractivity contribution in [1.82, 2.24) is 4.90 Å². The third-order valence-electron chi connectivity index (χ3n) is 3.09. The summed E-state index contributed by atoms with van der Waals surface area (Å²) in [6.07, 6.45) is 3.10. The molecule has 1 aromatic carbocycles. The van der Waals surface area contributed by atoms with E-state index in [0.717, 1.165) is 32.2 Å². The van der Waals surface area contributed by atoms with Crippen molar-refractivity contribution in [3.8, 4) is 0 Å². The second-order valence-corrected chi connectivity index (χ2v) is 6.43. The number of amidine groups is 1. The Morgan fingerprint density at radius 1 is 1.15 bits per heavy atom. The molecular formula is C13H17N3O3S. The van der Waals surface area contributed by atoms with Gasteiger partial charge in [0.25, 0.3) is 10.0 Å². The van der Waals surface area contributed by atoms with E-state index in [0.29, 0.717) is 17.0 Å². The first-order valence-corrected chi connectivity index (χ1v) is 8.17. The number of primary amides is 1. The van der Waals surface area contributed by atoms with E-state index in [1.807, 2.05) is 4.90 Å². The number of amides is 1. The van der Waals surface area contributed by atoms with Crippen LogP contribution in [0.15, 0.2) is 28.7 Å². The van der Waals surface area contributed by atoms with E-state index in [4.69, 9.17) is 5.73 Å². The minimum Gasteiger partial charge on any atom is -0.366 e. The Morgan fingerprint density at radius 3 is 2.10 bits per heavy atom. The summed E-state index contributed by atoms with van der Waals surface area (Å²) in [5, 5.41) is 0. The molecule has 0 spiro atoms.